The molecule has 6 heteroatoms. The molecule has 16 heavy (non-hydrogen) atoms. The highest BCUT2D eigenvalue weighted by Gasteiger charge is 2.07. The summed E-state index contributed by atoms with van der Waals surface area (Å²) in [4.78, 5) is 23.4. The Bertz CT molecular complexity index is 442. The van der Waals surface area contributed by atoms with Gasteiger partial charge in [-0.3, -0.25) is 9.36 Å². The van der Waals surface area contributed by atoms with Gasteiger partial charge in [-0.1, -0.05) is 0 Å². The van der Waals surface area contributed by atoms with Gasteiger partial charge in [0.2, 0.25) is 0 Å². The summed E-state index contributed by atoms with van der Waals surface area (Å²) in [5, 5.41) is 0. The van der Waals surface area contributed by atoms with Crippen LogP contribution in [0.4, 0.5) is 0 Å². The van der Waals surface area contributed by atoms with E-state index in [2.05, 4.69) is 0 Å². The van der Waals surface area contributed by atoms with Crippen LogP contribution in [0.15, 0.2) is 15.8 Å². The third kappa shape index (κ3) is 3.18. The van der Waals surface area contributed by atoms with Gasteiger partial charge < -0.3 is 9.30 Å². The van der Waals surface area contributed by atoms with Gasteiger partial charge in [-0.05, 0) is 36.4 Å². The second-order valence-corrected chi connectivity index (χ2v) is 4.91. The number of nitrogens with zero attached hydrogens (tertiary/aromatic N) is 2. The number of ether oxygens (including phenoxy) is 1. The fraction of sp³-hybridized carbons (Fsp3) is 0.600. The van der Waals surface area contributed by atoms with Crippen LogP contribution in [-0.4, -0.2) is 21.8 Å². The van der Waals surface area contributed by atoms with Crippen molar-refractivity contribution < 1.29 is 4.74 Å². The average Bonchev–Trinajstić information content (AvgIpc) is 2.20. The van der Waals surface area contributed by atoms with Gasteiger partial charge in [0.15, 0.2) is 0 Å². The molecule has 1 aromatic heterocycles. The number of rotatable bonds is 4. The molecule has 0 aliphatic rings. The molecule has 0 spiro atoms. The highest BCUT2D eigenvalue weighted by atomic mass is 127. The first-order chi connectivity index (χ1) is 7.43. The number of aryl methyl sites for hydroxylation is 1. The van der Waals surface area contributed by atoms with E-state index in [0.29, 0.717) is 16.7 Å². The molecule has 0 aliphatic carbocycles. The lowest BCUT2D eigenvalue weighted by Crippen LogP contribution is -2.41. The first-order valence-corrected chi connectivity index (χ1v) is 6.09. The van der Waals surface area contributed by atoms with Crippen molar-refractivity contribution in [3.05, 3.63) is 30.6 Å². The van der Waals surface area contributed by atoms with Crippen LogP contribution in [0.3, 0.4) is 0 Å². The predicted molar refractivity (Wildman–Crippen MR) is 69.7 cm³/mol. The molecule has 0 fully saturated rings. The SMILES string of the molecule is CC(C)OCCn1c(=O)c(I)cn(C)c1=O. The summed E-state index contributed by atoms with van der Waals surface area (Å²) in [6, 6.07) is 0. The topological polar surface area (TPSA) is 53.2 Å². The zero-order valence-electron chi connectivity index (χ0n) is 9.57. The van der Waals surface area contributed by atoms with Crippen LogP contribution >= 0.6 is 22.6 Å². The van der Waals surface area contributed by atoms with Crippen LogP contribution in [0.25, 0.3) is 0 Å². The van der Waals surface area contributed by atoms with E-state index < -0.39 is 0 Å². The fourth-order valence-electron chi connectivity index (χ4n) is 1.26. The molecule has 0 amide bonds. The summed E-state index contributed by atoms with van der Waals surface area (Å²) < 4.78 is 8.46. The van der Waals surface area contributed by atoms with E-state index in [0.717, 1.165) is 0 Å². The molecular weight excluding hydrogens is 323 g/mol. The summed E-state index contributed by atoms with van der Waals surface area (Å²) in [5.74, 6) is 0. The van der Waals surface area contributed by atoms with Gasteiger partial charge in [-0.15, -0.1) is 0 Å². The monoisotopic (exact) mass is 338 g/mol. The maximum atomic E-state index is 11.7. The van der Waals surface area contributed by atoms with Gasteiger partial charge in [0, 0.05) is 13.2 Å². The Balaban J connectivity index is 2.95. The van der Waals surface area contributed by atoms with Gasteiger partial charge in [-0.25, -0.2) is 4.79 Å². The van der Waals surface area contributed by atoms with Gasteiger partial charge in [0.05, 0.1) is 22.8 Å². The van der Waals surface area contributed by atoms with E-state index in [9.17, 15) is 9.59 Å². The first-order valence-electron chi connectivity index (χ1n) is 5.01. The summed E-state index contributed by atoms with van der Waals surface area (Å²) in [5.41, 5.74) is -0.561. The molecule has 0 unspecified atom stereocenters. The normalized spacial score (nSPS) is 11.1. The van der Waals surface area contributed by atoms with E-state index in [1.54, 1.807) is 7.05 Å². The van der Waals surface area contributed by atoms with E-state index in [4.69, 9.17) is 4.74 Å². The number of halogens is 1. The summed E-state index contributed by atoms with van der Waals surface area (Å²) in [7, 11) is 1.63. The van der Waals surface area contributed by atoms with Gasteiger partial charge in [-0.2, -0.15) is 0 Å². The van der Waals surface area contributed by atoms with Crippen molar-refractivity contribution in [3.8, 4) is 0 Å². The predicted octanol–water partition coefficient (Wildman–Crippen LogP) is 0.577. The molecule has 1 rings (SSSR count). The van der Waals surface area contributed by atoms with Gasteiger partial charge in [0.1, 0.15) is 0 Å². The van der Waals surface area contributed by atoms with Gasteiger partial charge >= 0.3 is 5.69 Å². The smallest absolute Gasteiger partial charge is 0.330 e. The maximum absolute atomic E-state index is 11.7. The molecule has 0 saturated heterocycles. The molecule has 0 bridgehead atoms. The standard InChI is InChI=1S/C10H15IN2O3/c1-7(2)16-5-4-13-9(14)8(11)6-12(3)10(13)15/h6-7H,4-5H2,1-3H3. The molecule has 5 nitrogen and oxygen atoms in total. The van der Waals surface area contributed by atoms with Gasteiger partial charge in [0.25, 0.3) is 5.56 Å². The van der Waals surface area contributed by atoms with Crippen LogP contribution in [0.5, 0.6) is 0 Å². The Morgan fingerprint density at radius 1 is 1.44 bits per heavy atom. The quantitative estimate of drug-likeness (QED) is 0.755. The molecule has 1 aromatic rings. The highest BCUT2D eigenvalue weighted by Crippen LogP contribution is 1.93. The van der Waals surface area contributed by atoms with Crippen molar-refractivity contribution in [2.75, 3.05) is 6.61 Å². The molecule has 0 aliphatic heterocycles. The minimum absolute atomic E-state index is 0.0994. The van der Waals surface area contributed by atoms with Crippen LogP contribution in [0.2, 0.25) is 0 Å². The van der Waals surface area contributed by atoms with Crippen molar-refractivity contribution in [1.82, 2.24) is 9.13 Å². The molecule has 1 heterocycles. The third-order valence-electron chi connectivity index (χ3n) is 2.06. The molecule has 90 valence electrons. The molecule has 0 radical (unpaired) electrons. The second kappa shape index (κ2) is 5.62. The van der Waals surface area contributed by atoms with E-state index in [-0.39, 0.29) is 17.4 Å². The van der Waals surface area contributed by atoms with Crippen LogP contribution in [0, 0.1) is 3.57 Å². The van der Waals surface area contributed by atoms with Crippen molar-refractivity contribution in [2.24, 2.45) is 7.05 Å². The van der Waals surface area contributed by atoms with Crippen molar-refractivity contribution in [1.29, 1.82) is 0 Å². The Kier molecular flexibility index (Phi) is 4.72. The molecule has 0 N–H and O–H groups in total. The molecule has 0 aromatic carbocycles. The van der Waals surface area contributed by atoms with Crippen LogP contribution < -0.4 is 11.2 Å². The highest BCUT2D eigenvalue weighted by molar-refractivity contribution is 14.1. The largest absolute Gasteiger partial charge is 0.377 e. The zero-order valence-corrected chi connectivity index (χ0v) is 11.7. The lowest BCUT2D eigenvalue weighted by atomic mass is 10.5. The number of hydrogen-bond donors (Lipinski definition) is 0. The van der Waals surface area contributed by atoms with Crippen LogP contribution in [0.1, 0.15) is 13.8 Å². The van der Waals surface area contributed by atoms with Crippen molar-refractivity contribution in [3.63, 3.8) is 0 Å². The third-order valence-corrected chi connectivity index (χ3v) is 2.80. The van der Waals surface area contributed by atoms with Crippen molar-refractivity contribution >= 4 is 22.6 Å². The van der Waals surface area contributed by atoms with E-state index in [1.807, 2.05) is 36.4 Å². The molecule has 0 saturated carbocycles. The Labute approximate surface area is 107 Å². The minimum atomic E-state index is -0.308. The minimum Gasteiger partial charge on any atom is -0.377 e. The molecular formula is C10H15IN2O3. The van der Waals surface area contributed by atoms with E-state index >= 15 is 0 Å². The Morgan fingerprint density at radius 3 is 2.62 bits per heavy atom. The Hall–Kier alpha value is -0.630. The second-order valence-electron chi connectivity index (χ2n) is 3.75. The lowest BCUT2D eigenvalue weighted by molar-refractivity contribution is 0.0713. The first kappa shape index (κ1) is 13.4. The number of aromatic nitrogens is 2. The summed E-state index contributed by atoms with van der Waals surface area (Å²) in [6.45, 7) is 4.48. The fourth-order valence-corrected chi connectivity index (χ4v) is 1.97. The number of hydrogen-bond acceptors (Lipinski definition) is 3. The summed E-state index contributed by atoms with van der Waals surface area (Å²) >= 11 is 1.92. The Morgan fingerprint density at radius 2 is 2.06 bits per heavy atom. The lowest BCUT2D eigenvalue weighted by Gasteiger charge is -2.10. The summed E-state index contributed by atoms with van der Waals surface area (Å²) in [6.07, 6.45) is 1.63. The molecule has 0 atom stereocenters. The van der Waals surface area contributed by atoms with E-state index in [1.165, 1.54) is 15.3 Å². The average molecular weight is 338 g/mol. The zero-order chi connectivity index (χ0) is 12.3. The van der Waals surface area contributed by atoms with Crippen LogP contribution in [-0.2, 0) is 18.3 Å². The van der Waals surface area contributed by atoms with Crippen molar-refractivity contribution in [2.45, 2.75) is 26.5 Å². The maximum Gasteiger partial charge on any atom is 0.330 e.